The summed E-state index contributed by atoms with van der Waals surface area (Å²) in [7, 11) is 0. The standard InChI is InChI=1S/C13H11NO3S2/c1-2-5-14-12(17)11(19-13(14)18)7-8-3-4-9(15)10(16)6-8/h2-4,6-7,15-16H,1,5H2. The number of carbonyl (C=O) groups is 1. The SMILES string of the molecule is C=CCN1C(=O)C(=Cc2ccc(O)c(O)c2)SC1=S. The number of hydrogen-bond acceptors (Lipinski definition) is 5. The van der Waals surface area contributed by atoms with Crippen LogP contribution in [0.25, 0.3) is 6.08 Å². The van der Waals surface area contributed by atoms with Gasteiger partial charge in [0.05, 0.1) is 4.91 Å². The van der Waals surface area contributed by atoms with Gasteiger partial charge in [-0.15, -0.1) is 6.58 Å². The van der Waals surface area contributed by atoms with Crippen LogP contribution >= 0.6 is 24.0 Å². The van der Waals surface area contributed by atoms with Crippen LogP contribution in [-0.4, -0.2) is 31.9 Å². The fraction of sp³-hybridized carbons (Fsp3) is 0.0769. The molecule has 98 valence electrons. The molecule has 1 aromatic rings. The van der Waals surface area contributed by atoms with E-state index in [4.69, 9.17) is 12.2 Å². The molecule has 0 unspecified atom stereocenters. The van der Waals surface area contributed by atoms with E-state index in [-0.39, 0.29) is 17.4 Å². The Balaban J connectivity index is 2.29. The smallest absolute Gasteiger partial charge is 0.266 e. The number of phenols is 2. The second-order valence-corrected chi connectivity index (χ2v) is 5.50. The lowest BCUT2D eigenvalue weighted by Crippen LogP contribution is -2.27. The summed E-state index contributed by atoms with van der Waals surface area (Å²) in [6, 6.07) is 4.36. The molecule has 0 spiro atoms. The van der Waals surface area contributed by atoms with E-state index in [1.54, 1.807) is 18.2 Å². The molecule has 0 saturated carbocycles. The Hall–Kier alpha value is -1.79. The maximum atomic E-state index is 12.1. The van der Waals surface area contributed by atoms with Gasteiger partial charge in [0.2, 0.25) is 0 Å². The van der Waals surface area contributed by atoms with Crippen molar-refractivity contribution < 1.29 is 15.0 Å². The van der Waals surface area contributed by atoms with Gasteiger partial charge in [-0.3, -0.25) is 9.69 Å². The number of phenolic OH excluding ortho intramolecular Hbond substituents is 2. The number of hydrogen-bond donors (Lipinski definition) is 2. The fourth-order valence-corrected chi connectivity index (χ4v) is 2.84. The summed E-state index contributed by atoms with van der Waals surface area (Å²) < 4.78 is 0.485. The van der Waals surface area contributed by atoms with Crippen molar-refractivity contribution in [2.45, 2.75) is 0 Å². The van der Waals surface area contributed by atoms with E-state index < -0.39 is 0 Å². The van der Waals surface area contributed by atoms with Crippen LogP contribution in [0.15, 0.2) is 35.8 Å². The Morgan fingerprint density at radius 2 is 2.11 bits per heavy atom. The zero-order valence-electron chi connectivity index (χ0n) is 9.87. The quantitative estimate of drug-likeness (QED) is 0.388. The first kappa shape index (κ1) is 13.6. The molecule has 0 bridgehead atoms. The van der Waals surface area contributed by atoms with Crippen molar-refractivity contribution in [3.05, 3.63) is 41.3 Å². The Labute approximate surface area is 120 Å². The fourth-order valence-electron chi connectivity index (χ4n) is 1.57. The second kappa shape index (κ2) is 5.46. The molecule has 2 rings (SSSR count). The molecule has 1 aliphatic rings. The Bertz CT molecular complexity index is 596. The summed E-state index contributed by atoms with van der Waals surface area (Å²) in [5, 5.41) is 18.6. The predicted molar refractivity (Wildman–Crippen MR) is 79.8 cm³/mol. The molecule has 1 heterocycles. The first-order valence-corrected chi connectivity index (χ1v) is 6.63. The number of nitrogens with zero attached hydrogens (tertiary/aromatic N) is 1. The van der Waals surface area contributed by atoms with Crippen LogP contribution in [0.5, 0.6) is 11.5 Å². The Kier molecular flexibility index (Phi) is 3.92. The van der Waals surface area contributed by atoms with Gasteiger partial charge in [-0.25, -0.2) is 0 Å². The molecule has 0 radical (unpaired) electrons. The number of amides is 1. The lowest BCUT2D eigenvalue weighted by Gasteiger charge is -2.10. The van der Waals surface area contributed by atoms with Crippen molar-refractivity contribution in [2.24, 2.45) is 0 Å². The van der Waals surface area contributed by atoms with Gasteiger partial charge in [0.25, 0.3) is 5.91 Å². The highest BCUT2D eigenvalue weighted by Crippen LogP contribution is 2.33. The first-order chi connectivity index (χ1) is 9.02. The van der Waals surface area contributed by atoms with Gasteiger partial charge >= 0.3 is 0 Å². The third kappa shape index (κ3) is 2.80. The summed E-state index contributed by atoms with van der Waals surface area (Å²) in [6.45, 7) is 3.96. The number of thioether (sulfide) groups is 1. The summed E-state index contributed by atoms with van der Waals surface area (Å²) >= 11 is 6.32. The third-order valence-corrected chi connectivity index (χ3v) is 3.86. The van der Waals surface area contributed by atoms with Crippen LogP contribution in [0.1, 0.15) is 5.56 Å². The summed E-state index contributed by atoms with van der Waals surface area (Å²) in [6.07, 6.45) is 3.24. The van der Waals surface area contributed by atoms with E-state index in [0.29, 0.717) is 21.3 Å². The van der Waals surface area contributed by atoms with Crippen molar-refractivity contribution in [2.75, 3.05) is 6.54 Å². The molecule has 1 aliphatic heterocycles. The normalized spacial score (nSPS) is 17.3. The molecule has 19 heavy (non-hydrogen) atoms. The minimum atomic E-state index is -0.227. The second-order valence-electron chi connectivity index (χ2n) is 3.83. The summed E-state index contributed by atoms with van der Waals surface area (Å²) in [5.74, 6) is -0.603. The number of thiocarbonyl (C=S) groups is 1. The molecular formula is C13H11NO3S2. The first-order valence-electron chi connectivity index (χ1n) is 5.41. The Morgan fingerprint density at radius 3 is 2.74 bits per heavy atom. The van der Waals surface area contributed by atoms with Crippen molar-refractivity contribution in [1.82, 2.24) is 4.90 Å². The number of carbonyl (C=O) groups excluding carboxylic acids is 1. The number of benzene rings is 1. The van der Waals surface area contributed by atoms with Gasteiger partial charge in [0.1, 0.15) is 4.32 Å². The van der Waals surface area contributed by atoms with Crippen molar-refractivity contribution in [3.8, 4) is 11.5 Å². The monoisotopic (exact) mass is 293 g/mol. The average molecular weight is 293 g/mol. The third-order valence-electron chi connectivity index (χ3n) is 2.48. The van der Waals surface area contributed by atoms with E-state index in [0.717, 1.165) is 0 Å². The van der Waals surface area contributed by atoms with E-state index in [2.05, 4.69) is 6.58 Å². The zero-order chi connectivity index (χ0) is 14.0. The van der Waals surface area contributed by atoms with Gasteiger partial charge in [-0.2, -0.15) is 0 Å². The highest BCUT2D eigenvalue weighted by Gasteiger charge is 2.30. The Morgan fingerprint density at radius 1 is 1.37 bits per heavy atom. The minimum Gasteiger partial charge on any atom is -0.504 e. The molecular weight excluding hydrogens is 282 g/mol. The van der Waals surface area contributed by atoms with Crippen molar-refractivity contribution in [3.63, 3.8) is 0 Å². The molecule has 6 heteroatoms. The predicted octanol–water partition coefficient (Wildman–Crippen LogP) is 2.49. The molecule has 2 N–H and O–H groups in total. The maximum Gasteiger partial charge on any atom is 0.266 e. The van der Waals surface area contributed by atoms with Gasteiger partial charge in [-0.05, 0) is 23.8 Å². The molecule has 1 amide bonds. The van der Waals surface area contributed by atoms with Gasteiger partial charge < -0.3 is 10.2 Å². The summed E-state index contributed by atoms with van der Waals surface area (Å²) in [4.78, 5) is 14.0. The van der Waals surface area contributed by atoms with Crippen LogP contribution in [0.2, 0.25) is 0 Å². The maximum absolute atomic E-state index is 12.1. The van der Waals surface area contributed by atoms with Gasteiger partial charge in [0.15, 0.2) is 11.5 Å². The van der Waals surface area contributed by atoms with Crippen LogP contribution in [0, 0.1) is 0 Å². The lowest BCUT2D eigenvalue weighted by atomic mass is 10.2. The molecule has 1 fully saturated rings. The largest absolute Gasteiger partial charge is 0.504 e. The van der Waals surface area contributed by atoms with Gasteiger partial charge in [-0.1, -0.05) is 36.1 Å². The average Bonchev–Trinajstić information content (AvgIpc) is 2.62. The molecule has 4 nitrogen and oxygen atoms in total. The minimum absolute atomic E-state index is 0.178. The van der Waals surface area contributed by atoms with Crippen LogP contribution in [0.3, 0.4) is 0 Å². The van der Waals surface area contributed by atoms with Crippen LogP contribution in [0.4, 0.5) is 0 Å². The topological polar surface area (TPSA) is 60.8 Å². The molecule has 0 aromatic heterocycles. The molecule has 1 saturated heterocycles. The van der Waals surface area contributed by atoms with E-state index in [1.165, 1.54) is 28.8 Å². The highest BCUT2D eigenvalue weighted by molar-refractivity contribution is 8.26. The van der Waals surface area contributed by atoms with Crippen LogP contribution < -0.4 is 0 Å². The summed E-state index contributed by atoms with van der Waals surface area (Å²) in [5.41, 5.74) is 0.620. The van der Waals surface area contributed by atoms with Crippen LogP contribution in [-0.2, 0) is 4.79 Å². The highest BCUT2D eigenvalue weighted by atomic mass is 32.2. The van der Waals surface area contributed by atoms with E-state index in [9.17, 15) is 15.0 Å². The molecule has 1 aromatic carbocycles. The molecule has 0 aliphatic carbocycles. The number of aromatic hydroxyl groups is 2. The van der Waals surface area contributed by atoms with Crippen molar-refractivity contribution >= 4 is 40.3 Å². The van der Waals surface area contributed by atoms with Gasteiger partial charge in [0, 0.05) is 6.54 Å². The van der Waals surface area contributed by atoms with Crippen molar-refractivity contribution in [1.29, 1.82) is 0 Å². The van der Waals surface area contributed by atoms with E-state index in [1.807, 2.05) is 0 Å². The number of rotatable bonds is 3. The molecule has 0 atom stereocenters. The zero-order valence-corrected chi connectivity index (χ0v) is 11.5. The lowest BCUT2D eigenvalue weighted by molar-refractivity contribution is -0.121. The van der Waals surface area contributed by atoms with E-state index >= 15 is 0 Å².